The van der Waals surface area contributed by atoms with Gasteiger partial charge in [-0.25, -0.2) is 4.98 Å². The summed E-state index contributed by atoms with van der Waals surface area (Å²) in [5.41, 5.74) is 2.04. The highest BCUT2D eigenvalue weighted by molar-refractivity contribution is 9.10. The molecule has 8 nitrogen and oxygen atoms in total. The zero-order valence-electron chi connectivity index (χ0n) is 16.2. The number of non-ortho nitro benzene ring substituents is 1. The third-order valence-electron chi connectivity index (χ3n) is 4.40. The molecule has 0 saturated carbocycles. The van der Waals surface area contributed by atoms with Crippen molar-refractivity contribution in [1.82, 2.24) is 4.98 Å². The lowest BCUT2D eigenvalue weighted by Gasteiger charge is -2.13. The molecule has 0 unspecified atom stereocenters. The summed E-state index contributed by atoms with van der Waals surface area (Å²) in [6.45, 7) is 0. The van der Waals surface area contributed by atoms with Gasteiger partial charge in [-0.15, -0.1) is 0 Å². The first-order chi connectivity index (χ1) is 15.4. The second kappa shape index (κ2) is 9.05. The van der Waals surface area contributed by atoms with Crippen molar-refractivity contribution < 1.29 is 9.72 Å². The van der Waals surface area contributed by atoms with E-state index >= 15 is 0 Å². The average Bonchev–Trinajstić information content (AvgIpc) is 3.22. The summed E-state index contributed by atoms with van der Waals surface area (Å²) in [4.78, 5) is 28.2. The van der Waals surface area contributed by atoms with E-state index in [1.54, 1.807) is 36.4 Å². The van der Waals surface area contributed by atoms with Crippen molar-refractivity contribution in [3.05, 3.63) is 98.0 Å². The van der Waals surface area contributed by atoms with Gasteiger partial charge in [0.15, 0.2) is 0 Å². The van der Waals surface area contributed by atoms with Crippen molar-refractivity contribution in [3.63, 3.8) is 0 Å². The number of nitriles is 1. The van der Waals surface area contributed by atoms with Crippen LogP contribution in [0.3, 0.4) is 0 Å². The van der Waals surface area contributed by atoms with Gasteiger partial charge in [0.2, 0.25) is 5.13 Å². The Morgan fingerprint density at radius 3 is 2.53 bits per heavy atom. The third-order valence-corrected chi connectivity index (χ3v) is 5.89. The van der Waals surface area contributed by atoms with E-state index in [1.807, 2.05) is 24.3 Å². The van der Waals surface area contributed by atoms with Crippen LogP contribution in [0, 0.1) is 21.4 Å². The van der Waals surface area contributed by atoms with Crippen LogP contribution in [-0.2, 0) is 0 Å². The molecule has 0 bridgehead atoms. The molecular weight excluding hydrogens is 494 g/mol. The first kappa shape index (κ1) is 21.3. The number of anilines is 1. The second-order valence-corrected chi connectivity index (χ2v) is 8.43. The maximum Gasteiger partial charge on any atom is 0.280 e. The smallest absolute Gasteiger partial charge is 0.267 e. The number of hydrogen-bond acceptors (Lipinski definition) is 7. The van der Waals surface area contributed by atoms with Crippen LogP contribution in [0.25, 0.3) is 10.2 Å². The molecule has 3 aromatic carbocycles. The Kier molecular flexibility index (Phi) is 6.02. The highest BCUT2D eigenvalue weighted by atomic mass is 79.9. The monoisotopic (exact) mass is 505 g/mol. The third kappa shape index (κ3) is 4.54. The van der Waals surface area contributed by atoms with Gasteiger partial charge in [0, 0.05) is 22.2 Å². The minimum Gasteiger partial charge on any atom is -0.267 e. The summed E-state index contributed by atoms with van der Waals surface area (Å²) >= 11 is 4.73. The van der Waals surface area contributed by atoms with Crippen LogP contribution in [0.5, 0.6) is 0 Å². The van der Waals surface area contributed by atoms with Gasteiger partial charge in [-0.1, -0.05) is 27.3 Å². The summed E-state index contributed by atoms with van der Waals surface area (Å²) in [5.74, 6) is -0.425. The summed E-state index contributed by atoms with van der Waals surface area (Å²) in [5, 5.41) is 25.7. The number of aromatic nitrogens is 1. The predicted molar refractivity (Wildman–Crippen MR) is 126 cm³/mol. The normalized spacial score (nSPS) is 10.9. The first-order valence-electron chi connectivity index (χ1n) is 9.14. The minimum absolute atomic E-state index is 0.0376. The SMILES string of the molecule is N#Cc1ccc(C(=O)N(/N=C/c2ccc([N+](=O)[O-])cc2)c2nc3ccc(Br)cc3s2)cc1. The van der Waals surface area contributed by atoms with E-state index in [4.69, 9.17) is 5.26 Å². The van der Waals surface area contributed by atoms with Crippen molar-refractivity contribution in [2.45, 2.75) is 0 Å². The molecule has 1 aromatic heterocycles. The molecule has 1 heterocycles. The molecule has 0 atom stereocenters. The quantitative estimate of drug-likeness (QED) is 0.201. The Hall–Kier alpha value is -3.94. The molecule has 32 heavy (non-hydrogen) atoms. The van der Waals surface area contributed by atoms with E-state index in [0.717, 1.165) is 14.7 Å². The molecule has 156 valence electrons. The number of rotatable bonds is 5. The van der Waals surface area contributed by atoms with E-state index in [-0.39, 0.29) is 5.69 Å². The number of thiazole rings is 1. The molecule has 0 radical (unpaired) electrons. The Morgan fingerprint density at radius 1 is 1.16 bits per heavy atom. The minimum atomic E-state index is -0.485. The van der Waals surface area contributed by atoms with Gasteiger partial charge in [-0.3, -0.25) is 14.9 Å². The Balaban J connectivity index is 1.73. The fraction of sp³-hybridized carbons (Fsp3) is 0. The van der Waals surface area contributed by atoms with Crippen LogP contribution in [0.1, 0.15) is 21.5 Å². The molecule has 1 amide bonds. The van der Waals surface area contributed by atoms with E-state index in [1.165, 1.54) is 34.7 Å². The summed E-state index contributed by atoms with van der Waals surface area (Å²) in [7, 11) is 0. The van der Waals surface area contributed by atoms with Crippen LogP contribution in [0.15, 0.2) is 76.3 Å². The van der Waals surface area contributed by atoms with Crippen molar-refractivity contribution in [2.24, 2.45) is 5.10 Å². The number of fused-ring (bicyclic) bond motifs is 1. The first-order valence-corrected chi connectivity index (χ1v) is 10.7. The highest BCUT2D eigenvalue weighted by Gasteiger charge is 2.21. The van der Waals surface area contributed by atoms with Gasteiger partial charge >= 0.3 is 0 Å². The largest absolute Gasteiger partial charge is 0.280 e. The van der Waals surface area contributed by atoms with Crippen LogP contribution < -0.4 is 5.01 Å². The van der Waals surface area contributed by atoms with Crippen LogP contribution >= 0.6 is 27.3 Å². The van der Waals surface area contributed by atoms with Gasteiger partial charge in [-0.2, -0.15) is 15.4 Å². The van der Waals surface area contributed by atoms with E-state index in [0.29, 0.717) is 21.8 Å². The molecule has 10 heteroatoms. The number of halogens is 1. The number of nitro benzene ring substituents is 1. The number of carbonyl (C=O) groups excluding carboxylic acids is 1. The van der Waals surface area contributed by atoms with Crippen molar-refractivity contribution >= 4 is 60.4 Å². The Labute approximate surface area is 194 Å². The number of nitrogens with zero attached hydrogens (tertiary/aromatic N) is 5. The lowest BCUT2D eigenvalue weighted by Crippen LogP contribution is -2.25. The van der Waals surface area contributed by atoms with Crippen LogP contribution in [-0.4, -0.2) is 22.0 Å². The van der Waals surface area contributed by atoms with Crippen molar-refractivity contribution in [2.75, 3.05) is 5.01 Å². The van der Waals surface area contributed by atoms with Gasteiger partial charge in [-0.05, 0) is 60.2 Å². The molecule has 0 saturated heterocycles. The topological polar surface area (TPSA) is 112 Å². The molecule has 0 spiro atoms. The number of carbonyl (C=O) groups is 1. The number of hydrazone groups is 1. The molecule has 4 aromatic rings. The zero-order valence-corrected chi connectivity index (χ0v) is 18.6. The van der Waals surface area contributed by atoms with Crippen LogP contribution in [0.2, 0.25) is 0 Å². The number of hydrogen-bond donors (Lipinski definition) is 0. The van der Waals surface area contributed by atoms with Crippen molar-refractivity contribution in [3.8, 4) is 6.07 Å². The van der Waals surface area contributed by atoms with E-state index in [9.17, 15) is 14.9 Å². The maximum atomic E-state index is 13.3. The maximum absolute atomic E-state index is 13.3. The summed E-state index contributed by atoms with van der Waals surface area (Å²) < 4.78 is 1.76. The summed E-state index contributed by atoms with van der Waals surface area (Å²) in [6, 6.07) is 19.7. The highest BCUT2D eigenvalue weighted by Crippen LogP contribution is 2.32. The molecule has 0 aliphatic carbocycles. The van der Waals surface area contributed by atoms with E-state index < -0.39 is 10.8 Å². The predicted octanol–water partition coefficient (Wildman–Crippen LogP) is 5.52. The molecule has 4 rings (SSSR count). The Bertz CT molecular complexity index is 1390. The lowest BCUT2D eigenvalue weighted by molar-refractivity contribution is -0.384. The standard InChI is InChI=1S/C22H12BrN5O3S/c23-17-7-10-19-20(11-17)32-22(26-19)27(21(29)16-5-1-14(12-24)2-6-16)25-13-15-3-8-18(9-4-15)28(30)31/h1-11,13H/b25-13+. The fourth-order valence-electron chi connectivity index (χ4n) is 2.78. The van der Waals surface area contributed by atoms with Crippen LogP contribution in [0.4, 0.5) is 10.8 Å². The molecule has 0 N–H and O–H groups in total. The number of nitro groups is 1. The second-order valence-electron chi connectivity index (χ2n) is 6.51. The molecule has 0 aliphatic rings. The number of benzene rings is 3. The molecule has 0 fully saturated rings. The molecular formula is C22H12BrN5O3S. The van der Waals surface area contributed by atoms with Crippen molar-refractivity contribution in [1.29, 1.82) is 5.26 Å². The lowest BCUT2D eigenvalue weighted by atomic mass is 10.1. The van der Waals surface area contributed by atoms with Gasteiger partial charge in [0.05, 0.1) is 33.0 Å². The Morgan fingerprint density at radius 2 is 1.88 bits per heavy atom. The fourth-order valence-corrected chi connectivity index (χ4v) is 4.26. The summed E-state index contributed by atoms with van der Waals surface area (Å²) in [6.07, 6.45) is 1.44. The van der Waals surface area contributed by atoms with Gasteiger partial charge < -0.3 is 0 Å². The zero-order chi connectivity index (χ0) is 22.7. The molecule has 0 aliphatic heterocycles. The van der Waals surface area contributed by atoms with E-state index in [2.05, 4.69) is 26.0 Å². The van der Waals surface area contributed by atoms with Gasteiger partial charge in [0.1, 0.15) is 0 Å². The average molecular weight is 506 g/mol. The van der Waals surface area contributed by atoms with Gasteiger partial charge in [0.25, 0.3) is 11.6 Å². The number of amides is 1.